The molecular formula is C20H21F2N7O. The van der Waals surface area contributed by atoms with Crippen molar-refractivity contribution < 1.29 is 13.6 Å². The van der Waals surface area contributed by atoms with Gasteiger partial charge in [-0.2, -0.15) is 0 Å². The highest BCUT2D eigenvalue weighted by molar-refractivity contribution is 5.98. The lowest BCUT2D eigenvalue weighted by atomic mass is 9.87. The molecule has 2 aromatic heterocycles. The Balaban J connectivity index is 1.66. The maximum Gasteiger partial charge on any atom is 0.271 e. The third-order valence-corrected chi connectivity index (χ3v) is 5.19. The van der Waals surface area contributed by atoms with Gasteiger partial charge in [0.25, 0.3) is 11.8 Å². The SMILES string of the molecule is NC(=O)c1ncc(N[C@@H]2CCCC(F)(F)[C@@H]2N)nc1Nc1ccnc2ccccc12. The first-order valence-corrected chi connectivity index (χ1v) is 9.53. The van der Waals surface area contributed by atoms with Gasteiger partial charge in [-0.25, -0.2) is 18.7 Å². The summed E-state index contributed by atoms with van der Waals surface area (Å²) in [5, 5.41) is 6.81. The van der Waals surface area contributed by atoms with Crippen LogP contribution in [0.2, 0.25) is 0 Å². The number of aromatic nitrogens is 3. The Bertz CT molecular complexity index is 1090. The molecular weight excluding hydrogens is 392 g/mol. The zero-order chi connectivity index (χ0) is 21.3. The molecule has 1 saturated carbocycles. The summed E-state index contributed by atoms with van der Waals surface area (Å²) >= 11 is 0. The molecule has 8 nitrogen and oxygen atoms in total. The van der Waals surface area contributed by atoms with Crippen LogP contribution in [0.25, 0.3) is 10.9 Å². The molecule has 30 heavy (non-hydrogen) atoms. The van der Waals surface area contributed by atoms with Crippen molar-refractivity contribution in [3.8, 4) is 0 Å². The summed E-state index contributed by atoms with van der Waals surface area (Å²) in [5.74, 6) is -3.39. The number of pyridine rings is 1. The summed E-state index contributed by atoms with van der Waals surface area (Å²) in [4.78, 5) is 24.6. The second kappa shape index (κ2) is 7.79. The fraction of sp³-hybridized carbons (Fsp3) is 0.300. The van der Waals surface area contributed by atoms with Crippen LogP contribution in [-0.4, -0.2) is 38.9 Å². The van der Waals surface area contributed by atoms with Gasteiger partial charge >= 0.3 is 0 Å². The van der Waals surface area contributed by atoms with Crippen LogP contribution in [0.4, 0.5) is 26.1 Å². The van der Waals surface area contributed by atoms with Crippen LogP contribution in [0.15, 0.2) is 42.7 Å². The van der Waals surface area contributed by atoms with Gasteiger partial charge in [0.1, 0.15) is 5.82 Å². The molecule has 0 unspecified atom stereocenters. The van der Waals surface area contributed by atoms with E-state index in [1.807, 2.05) is 24.3 Å². The predicted octanol–water partition coefficient (Wildman–Crippen LogP) is 2.79. The minimum Gasteiger partial charge on any atom is -0.364 e. The molecule has 1 aliphatic rings. The topological polar surface area (TPSA) is 132 Å². The van der Waals surface area contributed by atoms with E-state index in [-0.39, 0.29) is 23.8 Å². The molecule has 3 aromatic rings. The van der Waals surface area contributed by atoms with Crippen LogP contribution in [-0.2, 0) is 0 Å². The maximum atomic E-state index is 14.0. The number of rotatable bonds is 5. The third-order valence-electron chi connectivity index (χ3n) is 5.19. The summed E-state index contributed by atoms with van der Waals surface area (Å²) in [6.45, 7) is 0. The van der Waals surface area contributed by atoms with Crippen LogP contribution >= 0.6 is 0 Å². The number of nitrogens with one attached hydrogen (secondary N) is 2. The first kappa shape index (κ1) is 19.9. The van der Waals surface area contributed by atoms with Crippen molar-refractivity contribution in [1.82, 2.24) is 15.0 Å². The van der Waals surface area contributed by atoms with E-state index < -0.39 is 23.9 Å². The largest absolute Gasteiger partial charge is 0.364 e. The number of fused-ring (bicyclic) bond motifs is 1. The van der Waals surface area contributed by atoms with E-state index in [0.717, 1.165) is 10.9 Å². The van der Waals surface area contributed by atoms with Crippen molar-refractivity contribution in [2.75, 3.05) is 10.6 Å². The molecule has 0 radical (unpaired) electrons. The Morgan fingerprint density at radius 1 is 1.20 bits per heavy atom. The number of benzene rings is 1. The highest BCUT2D eigenvalue weighted by atomic mass is 19.3. The first-order chi connectivity index (χ1) is 14.3. The number of alkyl halides is 2. The standard InChI is InChI=1S/C20H21F2N7O/c21-20(22)8-3-6-14(17(20)23)27-15-10-26-16(18(24)30)19(29-15)28-13-7-9-25-12-5-2-1-4-11(12)13/h1-2,4-5,7,9-10,14,17H,3,6,8,23H2,(H2,24,30)(H2,25,27,28,29)/t14-,17-/m1/s1. The highest BCUT2D eigenvalue weighted by Crippen LogP contribution is 2.34. The lowest BCUT2D eigenvalue weighted by molar-refractivity contribution is -0.0554. The molecule has 1 aliphatic carbocycles. The number of hydrogen-bond acceptors (Lipinski definition) is 7. The Labute approximate surface area is 171 Å². The van der Waals surface area contributed by atoms with Crippen molar-refractivity contribution in [2.24, 2.45) is 11.5 Å². The number of halogens is 2. The van der Waals surface area contributed by atoms with Crippen LogP contribution < -0.4 is 22.1 Å². The molecule has 4 rings (SSSR count). The van der Waals surface area contributed by atoms with E-state index in [9.17, 15) is 13.6 Å². The zero-order valence-corrected chi connectivity index (χ0v) is 16.0. The third kappa shape index (κ3) is 3.86. The van der Waals surface area contributed by atoms with E-state index >= 15 is 0 Å². The second-order valence-electron chi connectivity index (χ2n) is 7.25. The first-order valence-electron chi connectivity index (χ1n) is 9.53. The van der Waals surface area contributed by atoms with E-state index in [1.165, 1.54) is 6.20 Å². The number of carbonyl (C=O) groups excluding carboxylic acids is 1. The summed E-state index contributed by atoms with van der Waals surface area (Å²) in [7, 11) is 0. The number of hydrogen-bond donors (Lipinski definition) is 4. The van der Waals surface area contributed by atoms with Gasteiger partial charge in [-0.05, 0) is 25.0 Å². The monoisotopic (exact) mass is 413 g/mol. The maximum absolute atomic E-state index is 14.0. The Morgan fingerprint density at radius 3 is 2.80 bits per heavy atom. The van der Waals surface area contributed by atoms with Gasteiger partial charge in [0.05, 0.1) is 23.4 Å². The van der Waals surface area contributed by atoms with Crippen molar-refractivity contribution >= 4 is 34.1 Å². The predicted molar refractivity (Wildman–Crippen MR) is 110 cm³/mol. The van der Waals surface area contributed by atoms with Crippen LogP contribution in [0.5, 0.6) is 0 Å². The minimum atomic E-state index is -2.95. The average molecular weight is 413 g/mol. The van der Waals surface area contributed by atoms with Gasteiger partial charge in [0.15, 0.2) is 11.5 Å². The molecule has 0 bridgehead atoms. The number of nitrogens with two attached hydrogens (primary N) is 2. The van der Waals surface area contributed by atoms with Crippen molar-refractivity contribution in [2.45, 2.75) is 37.3 Å². The van der Waals surface area contributed by atoms with Gasteiger partial charge in [0, 0.05) is 24.0 Å². The number of primary amides is 1. The minimum absolute atomic E-state index is 0.0697. The number of carbonyl (C=O) groups is 1. The number of anilines is 3. The molecule has 2 atom stereocenters. The molecule has 1 fully saturated rings. The van der Waals surface area contributed by atoms with E-state index in [2.05, 4.69) is 25.6 Å². The van der Waals surface area contributed by atoms with E-state index in [1.54, 1.807) is 12.3 Å². The molecule has 2 heterocycles. The summed E-state index contributed by atoms with van der Waals surface area (Å²) in [5.41, 5.74) is 12.5. The van der Waals surface area contributed by atoms with Crippen LogP contribution in [0.1, 0.15) is 29.8 Å². The summed E-state index contributed by atoms with van der Waals surface area (Å²) in [6, 6.07) is 7.16. The molecule has 10 heteroatoms. The zero-order valence-electron chi connectivity index (χ0n) is 16.0. The smallest absolute Gasteiger partial charge is 0.271 e. The lowest BCUT2D eigenvalue weighted by Crippen LogP contribution is -2.55. The Kier molecular flexibility index (Phi) is 5.17. The molecule has 156 valence electrons. The van der Waals surface area contributed by atoms with Crippen molar-refractivity contribution in [3.05, 3.63) is 48.4 Å². The average Bonchev–Trinajstić information content (AvgIpc) is 2.72. The second-order valence-corrected chi connectivity index (χ2v) is 7.25. The Hall–Kier alpha value is -3.40. The quantitative estimate of drug-likeness (QED) is 0.506. The molecule has 0 saturated heterocycles. The molecule has 0 aliphatic heterocycles. The van der Waals surface area contributed by atoms with Gasteiger partial charge < -0.3 is 22.1 Å². The van der Waals surface area contributed by atoms with Crippen molar-refractivity contribution in [1.29, 1.82) is 0 Å². The molecule has 1 amide bonds. The molecule has 1 aromatic carbocycles. The lowest BCUT2D eigenvalue weighted by Gasteiger charge is -2.36. The number of para-hydroxylation sites is 1. The molecule has 0 spiro atoms. The van der Waals surface area contributed by atoms with Crippen LogP contribution in [0, 0.1) is 0 Å². The molecule has 6 N–H and O–H groups in total. The van der Waals surface area contributed by atoms with Gasteiger partial charge in [-0.1, -0.05) is 18.2 Å². The fourth-order valence-corrected chi connectivity index (χ4v) is 3.61. The van der Waals surface area contributed by atoms with Gasteiger partial charge in [-0.3, -0.25) is 9.78 Å². The number of nitrogens with zero attached hydrogens (tertiary/aromatic N) is 3. The fourth-order valence-electron chi connectivity index (χ4n) is 3.61. The van der Waals surface area contributed by atoms with Gasteiger partial charge in [-0.15, -0.1) is 0 Å². The normalized spacial score (nSPS) is 20.6. The van der Waals surface area contributed by atoms with Crippen LogP contribution in [0.3, 0.4) is 0 Å². The summed E-state index contributed by atoms with van der Waals surface area (Å²) in [6.07, 6.45) is 3.50. The summed E-state index contributed by atoms with van der Waals surface area (Å²) < 4.78 is 27.9. The highest BCUT2D eigenvalue weighted by Gasteiger charge is 2.44. The van der Waals surface area contributed by atoms with E-state index in [4.69, 9.17) is 11.5 Å². The number of amides is 1. The Morgan fingerprint density at radius 2 is 2.00 bits per heavy atom. The van der Waals surface area contributed by atoms with Gasteiger partial charge in [0.2, 0.25) is 0 Å². The van der Waals surface area contributed by atoms with Crippen molar-refractivity contribution in [3.63, 3.8) is 0 Å². The van der Waals surface area contributed by atoms with E-state index in [0.29, 0.717) is 18.5 Å².